The molecule has 1 aromatic carbocycles. The highest BCUT2D eigenvalue weighted by Crippen LogP contribution is 2.32. The third-order valence-corrected chi connectivity index (χ3v) is 5.25. The van der Waals surface area contributed by atoms with Crippen LogP contribution < -0.4 is 4.90 Å². The Labute approximate surface area is 144 Å². The zero-order chi connectivity index (χ0) is 15.8. The van der Waals surface area contributed by atoms with Crippen LogP contribution >= 0.6 is 15.9 Å². The fourth-order valence-electron chi connectivity index (χ4n) is 3.35. The largest absolute Gasteiger partial charge is 0.369 e. The molecule has 2 aromatic rings. The van der Waals surface area contributed by atoms with E-state index in [2.05, 4.69) is 42.8 Å². The molecule has 23 heavy (non-hydrogen) atoms. The second-order valence-corrected chi connectivity index (χ2v) is 7.35. The minimum absolute atomic E-state index is 0.319. The molecule has 1 amide bonds. The average Bonchev–Trinajstić information content (AvgIpc) is 3.40. The lowest BCUT2D eigenvalue weighted by atomic mass is 10.1. The first-order valence-corrected chi connectivity index (χ1v) is 9.10. The molecule has 2 aliphatic rings. The molecule has 0 bridgehead atoms. The van der Waals surface area contributed by atoms with E-state index >= 15 is 0 Å². The number of carbonyl (C=O) groups excluding carboxylic acids is 1. The molecule has 5 heteroatoms. The fraction of sp³-hybridized carbons (Fsp3) is 0.444. The normalized spacial score (nSPS) is 19.0. The number of rotatable bonds is 2. The van der Waals surface area contributed by atoms with Crippen molar-refractivity contribution in [2.75, 3.05) is 31.1 Å². The quantitative estimate of drug-likeness (QED) is 0.808. The molecule has 1 aromatic heterocycles. The number of anilines is 1. The summed E-state index contributed by atoms with van der Waals surface area (Å²) in [6, 6.07) is 8.30. The zero-order valence-electron chi connectivity index (χ0n) is 13.0. The van der Waals surface area contributed by atoms with Gasteiger partial charge in [0.2, 0.25) is 5.91 Å². The van der Waals surface area contributed by atoms with Gasteiger partial charge in [-0.3, -0.25) is 9.78 Å². The third-order valence-electron chi connectivity index (χ3n) is 4.76. The summed E-state index contributed by atoms with van der Waals surface area (Å²) < 4.78 is 1.07. The molecule has 0 spiro atoms. The van der Waals surface area contributed by atoms with Gasteiger partial charge in [-0.15, -0.1) is 0 Å². The molecule has 0 N–H and O–H groups in total. The highest BCUT2D eigenvalue weighted by molar-refractivity contribution is 9.10. The molecule has 1 aliphatic carbocycles. The van der Waals surface area contributed by atoms with E-state index in [1.807, 2.05) is 18.3 Å². The fourth-order valence-corrected chi connectivity index (χ4v) is 3.71. The lowest BCUT2D eigenvalue weighted by Gasteiger charge is -2.25. The van der Waals surface area contributed by atoms with Gasteiger partial charge in [-0.1, -0.05) is 15.9 Å². The lowest BCUT2D eigenvalue weighted by Crippen LogP contribution is -2.36. The summed E-state index contributed by atoms with van der Waals surface area (Å²) in [4.78, 5) is 21.2. The number of pyridine rings is 1. The van der Waals surface area contributed by atoms with Crippen LogP contribution in [-0.2, 0) is 4.79 Å². The maximum atomic E-state index is 12.3. The van der Waals surface area contributed by atoms with E-state index in [0.717, 1.165) is 55.4 Å². The Hall–Kier alpha value is -1.62. The molecule has 120 valence electrons. The molecule has 1 saturated carbocycles. The first-order chi connectivity index (χ1) is 11.2. The number of hydrogen-bond donors (Lipinski definition) is 0. The molecular weight excluding hydrogens is 354 g/mol. The zero-order valence-corrected chi connectivity index (χ0v) is 14.6. The number of fused-ring (bicyclic) bond motifs is 1. The van der Waals surface area contributed by atoms with Crippen LogP contribution in [-0.4, -0.2) is 42.0 Å². The van der Waals surface area contributed by atoms with E-state index in [4.69, 9.17) is 0 Å². The molecule has 4 rings (SSSR count). The lowest BCUT2D eigenvalue weighted by molar-refractivity contribution is -0.132. The van der Waals surface area contributed by atoms with Gasteiger partial charge in [-0.2, -0.15) is 0 Å². The van der Waals surface area contributed by atoms with Crippen LogP contribution in [0.2, 0.25) is 0 Å². The summed E-state index contributed by atoms with van der Waals surface area (Å²) in [6.07, 6.45) is 5.07. The highest BCUT2D eigenvalue weighted by atomic mass is 79.9. The minimum Gasteiger partial charge on any atom is -0.369 e. The Balaban J connectivity index is 1.58. The second-order valence-electron chi connectivity index (χ2n) is 6.43. The Morgan fingerprint density at radius 2 is 2.00 bits per heavy atom. The van der Waals surface area contributed by atoms with E-state index in [1.165, 1.54) is 11.1 Å². The van der Waals surface area contributed by atoms with Crippen LogP contribution in [0.15, 0.2) is 34.9 Å². The summed E-state index contributed by atoms with van der Waals surface area (Å²) in [5.74, 6) is 0.688. The predicted octanol–water partition coefficient (Wildman–Crippen LogP) is 3.45. The second kappa shape index (κ2) is 6.11. The topological polar surface area (TPSA) is 36.4 Å². The van der Waals surface area contributed by atoms with Crippen LogP contribution in [0.5, 0.6) is 0 Å². The maximum absolute atomic E-state index is 12.3. The molecule has 0 atom stereocenters. The van der Waals surface area contributed by atoms with Crippen molar-refractivity contribution in [2.24, 2.45) is 5.92 Å². The number of halogens is 1. The SMILES string of the molecule is O=C(C1CC1)N1CCCN(c2ccnc3ccc(Br)cc23)CC1. The molecule has 4 nitrogen and oxygen atoms in total. The van der Waals surface area contributed by atoms with Crippen LogP contribution in [0, 0.1) is 5.92 Å². The van der Waals surface area contributed by atoms with E-state index < -0.39 is 0 Å². The van der Waals surface area contributed by atoms with Gasteiger partial charge < -0.3 is 9.80 Å². The van der Waals surface area contributed by atoms with Gasteiger partial charge in [0.1, 0.15) is 0 Å². The third kappa shape index (κ3) is 3.07. The number of hydrogen-bond acceptors (Lipinski definition) is 3. The van der Waals surface area contributed by atoms with E-state index in [9.17, 15) is 4.79 Å². The number of amides is 1. The number of carbonyl (C=O) groups is 1. The van der Waals surface area contributed by atoms with Crippen molar-refractivity contribution in [1.82, 2.24) is 9.88 Å². The maximum Gasteiger partial charge on any atom is 0.225 e. The summed E-state index contributed by atoms with van der Waals surface area (Å²) in [5.41, 5.74) is 2.23. The van der Waals surface area contributed by atoms with Crippen LogP contribution in [0.1, 0.15) is 19.3 Å². The smallest absolute Gasteiger partial charge is 0.225 e. The molecule has 2 fully saturated rings. The van der Waals surface area contributed by atoms with Crippen molar-refractivity contribution >= 4 is 38.4 Å². The first-order valence-electron chi connectivity index (χ1n) is 8.30. The van der Waals surface area contributed by atoms with Gasteiger partial charge in [-0.25, -0.2) is 0 Å². The molecule has 0 radical (unpaired) electrons. The van der Waals surface area contributed by atoms with Gasteiger partial charge in [0, 0.05) is 53.8 Å². The van der Waals surface area contributed by atoms with Gasteiger partial charge >= 0.3 is 0 Å². The van der Waals surface area contributed by atoms with Crippen molar-refractivity contribution in [3.63, 3.8) is 0 Å². The van der Waals surface area contributed by atoms with E-state index in [1.54, 1.807) is 0 Å². The number of nitrogens with zero attached hydrogens (tertiary/aromatic N) is 3. The van der Waals surface area contributed by atoms with Crippen LogP contribution in [0.4, 0.5) is 5.69 Å². The van der Waals surface area contributed by atoms with Gasteiger partial charge in [0.05, 0.1) is 5.52 Å². The molecule has 1 saturated heterocycles. The van der Waals surface area contributed by atoms with Gasteiger partial charge in [0.25, 0.3) is 0 Å². The average molecular weight is 374 g/mol. The molecule has 0 unspecified atom stereocenters. The van der Waals surface area contributed by atoms with Crippen molar-refractivity contribution < 1.29 is 4.79 Å². The summed E-state index contributed by atoms with van der Waals surface area (Å²) in [7, 11) is 0. The van der Waals surface area contributed by atoms with Crippen LogP contribution in [0.25, 0.3) is 10.9 Å². The van der Waals surface area contributed by atoms with Gasteiger partial charge in [0.15, 0.2) is 0 Å². The van der Waals surface area contributed by atoms with Gasteiger partial charge in [-0.05, 0) is 43.5 Å². The molecular formula is C18H20BrN3O. The Bertz CT molecular complexity index is 744. The summed E-state index contributed by atoms with van der Waals surface area (Å²) >= 11 is 3.56. The van der Waals surface area contributed by atoms with Crippen molar-refractivity contribution in [3.8, 4) is 0 Å². The first kappa shape index (κ1) is 14.9. The monoisotopic (exact) mass is 373 g/mol. The minimum atomic E-state index is 0.319. The summed E-state index contributed by atoms with van der Waals surface area (Å²) in [6.45, 7) is 3.59. The van der Waals surface area contributed by atoms with Crippen molar-refractivity contribution in [1.29, 1.82) is 0 Å². The molecule has 2 heterocycles. The van der Waals surface area contributed by atoms with Crippen molar-refractivity contribution in [3.05, 3.63) is 34.9 Å². The Morgan fingerprint density at radius 3 is 2.83 bits per heavy atom. The standard InChI is InChI=1S/C18H20BrN3O/c19-14-4-5-16-15(12-14)17(6-7-20-16)21-8-1-9-22(11-10-21)18(23)13-2-3-13/h4-7,12-13H,1-3,8-11H2. The molecule has 1 aliphatic heterocycles. The van der Waals surface area contributed by atoms with E-state index in [-0.39, 0.29) is 0 Å². The van der Waals surface area contributed by atoms with E-state index in [0.29, 0.717) is 11.8 Å². The number of aromatic nitrogens is 1. The highest BCUT2D eigenvalue weighted by Gasteiger charge is 2.34. The van der Waals surface area contributed by atoms with Crippen molar-refractivity contribution in [2.45, 2.75) is 19.3 Å². The Kier molecular flexibility index (Phi) is 3.97. The predicted molar refractivity (Wildman–Crippen MR) is 95.6 cm³/mol. The Morgan fingerprint density at radius 1 is 1.13 bits per heavy atom. The van der Waals surface area contributed by atoms with Crippen LogP contribution in [0.3, 0.4) is 0 Å². The number of benzene rings is 1. The summed E-state index contributed by atoms with van der Waals surface area (Å²) in [5, 5.41) is 1.17.